The Hall–Kier alpha value is -1.79. The lowest BCUT2D eigenvalue weighted by Gasteiger charge is -2.12. The van der Waals surface area contributed by atoms with E-state index in [2.05, 4.69) is 31.9 Å². The van der Waals surface area contributed by atoms with Crippen LogP contribution in [0.25, 0.3) is 22.1 Å². The first-order chi connectivity index (χ1) is 11.5. The van der Waals surface area contributed by atoms with Gasteiger partial charge in [-0.3, -0.25) is 0 Å². The molecule has 6 heteroatoms. The van der Waals surface area contributed by atoms with Gasteiger partial charge in [-0.2, -0.15) is 0 Å². The van der Waals surface area contributed by atoms with Gasteiger partial charge in [0, 0.05) is 9.86 Å². The van der Waals surface area contributed by atoms with Crippen LogP contribution >= 0.6 is 31.9 Å². The number of rotatable bonds is 3. The Labute approximate surface area is 155 Å². The van der Waals surface area contributed by atoms with Gasteiger partial charge in [0.1, 0.15) is 0 Å². The summed E-state index contributed by atoms with van der Waals surface area (Å²) in [6, 6.07) is 9.15. The van der Waals surface area contributed by atoms with Gasteiger partial charge < -0.3 is 13.9 Å². The number of ether oxygens (including phenoxy) is 2. The maximum Gasteiger partial charge on any atom is 0.344 e. The molecule has 0 saturated carbocycles. The summed E-state index contributed by atoms with van der Waals surface area (Å²) in [5.74, 6) is 1.17. The summed E-state index contributed by atoms with van der Waals surface area (Å²) in [7, 11) is 3.13. The molecule has 0 aliphatic rings. The molecule has 0 atom stereocenters. The van der Waals surface area contributed by atoms with Crippen molar-refractivity contribution < 1.29 is 13.9 Å². The minimum atomic E-state index is -0.393. The van der Waals surface area contributed by atoms with Crippen LogP contribution in [0.15, 0.2) is 48.5 Å². The van der Waals surface area contributed by atoms with E-state index in [0.29, 0.717) is 22.6 Å². The molecule has 3 aromatic rings. The third-order valence-corrected chi connectivity index (χ3v) is 4.91. The topological polar surface area (TPSA) is 48.7 Å². The third-order valence-electron chi connectivity index (χ3n) is 3.86. The van der Waals surface area contributed by atoms with Crippen molar-refractivity contribution in [3.05, 3.63) is 55.3 Å². The zero-order valence-corrected chi connectivity index (χ0v) is 16.4. The second-order valence-corrected chi connectivity index (χ2v) is 6.99. The Bertz CT molecular complexity index is 992. The Morgan fingerprint density at radius 2 is 1.71 bits per heavy atom. The molecule has 2 aromatic carbocycles. The molecule has 124 valence electrons. The molecular formula is C18H14Br2O4. The van der Waals surface area contributed by atoms with Crippen molar-refractivity contribution in [2.75, 3.05) is 14.2 Å². The van der Waals surface area contributed by atoms with E-state index in [0.717, 1.165) is 25.5 Å². The zero-order valence-electron chi connectivity index (χ0n) is 13.3. The van der Waals surface area contributed by atoms with E-state index in [4.69, 9.17) is 13.9 Å². The van der Waals surface area contributed by atoms with Crippen molar-refractivity contribution in [3.8, 4) is 22.6 Å². The summed E-state index contributed by atoms with van der Waals surface area (Å²) in [5.41, 5.74) is 2.21. The average Bonchev–Trinajstić information content (AvgIpc) is 2.56. The molecule has 24 heavy (non-hydrogen) atoms. The maximum absolute atomic E-state index is 12.6. The van der Waals surface area contributed by atoms with E-state index >= 15 is 0 Å². The number of fused-ring (bicyclic) bond motifs is 1. The number of methoxy groups -OCH3 is 2. The number of hydrogen-bond donors (Lipinski definition) is 0. The molecule has 0 saturated heterocycles. The van der Waals surface area contributed by atoms with Gasteiger partial charge in [-0.15, -0.1) is 0 Å². The molecule has 0 fully saturated rings. The minimum absolute atomic E-state index is 0.393. The number of benzene rings is 2. The molecule has 0 N–H and O–H groups in total. The molecule has 3 rings (SSSR count). The maximum atomic E-state index is 12.6. The van der Waals surface area contributed by atoms with E-state index in [-0.39, 0.29) is 0 Å². The highest BCUT2D eigenvalue weighted by molar-refractivity contribution is 9.11. The fourth-order valence-electron chi connectivity index (χ4n) is 2.70. The van der Waals surface area contributed by atoms with E-state index in [1.54, 1.807) is 26.4 Å². The van der Waals surface area contributed by atoms with Crippen molar-refractivity contribution in [2.24, 2.45) is 0 Å². The van der Waals surface area contributed by atoms with Gasteiger partial charge in [0.25, 0.3) is 0 Å². The van der Waals surface area contributed by atoms with Gasteiger partial charge in [0.05, 0.1) is 24.3 Å². The van der Waals surface area contributed by atoms with Crippen LogP contribution in [0.2, 0.25) is 0 Å². The van der Waals surface area contributed by atoms with Gasteiger partial charge in [-0.25, -0.2) is 4.79 Å². The third kappa shape index (κ3) is 2.84. The molecule has 0 spiro atoms. The monoisotopic (exact) mass is 452 g/mol. The van der Waals surface area contributed by atoms with Crippen LogP contribution in [-0.2, 0) is 0 Å². The molecule has 0 bridgehead atoms. The van der Waals surface area contributed by atoms with E-state index in [1.807, 2.05) is 25.1 Å². The van der Waals surface area contributed by atoms with Crippen LogP contribution in [0.4, 0.5) is 0 Å². The summed E-state index contributed by atoms with van der Waals surface area (Å²) in [5, 5.41) is 0.862. The standard InChI is InChI=1S/C18H14Br2O4/c1-9-12-7-11(19)8-13(20)17(12)24-18(21)16(9)10-4-5-14(22-2)15(6-10)23-3/h4-8H,1-3H3. The second-order valence-electron chi connectivity index (χ2n) is 5.22. The Morgan fingerprint density at radius 1 is 1.00 bits per heavy atom. The molecule has 0 amide bonds. The van der Waals surface area contributed by atoms with Crippen molar-refractivity contribution >= 4 is 42.8 Å². The van der Waals surface area contributed by atoms with Crippen LogP contribution in [0.1, 0.15) is 5.56 Å². The molecule has 0 aliphatic heterocycles. The van der Waals surface area contributed by atoms with Crippen molar-refractivity contribution in [1.29, 1.82) is 0 Å². The zero-order chi connectivity index (χ0) is 17.4. The van der Waals surface area contributed by atoms with Crippen molar-refractivity contribution in [1.82, 2.24) is 0 Å². The molecule has 0 radical (unpaired) electrons. The second kappa shape index (κ2) is 6.61. The largest absolute Gasteiger partial charge is 0.493 e. The first-order valence-electron chi connectivity index (χ1n) is 7.11. The summed E-state index contributed by atoms with van der Waals surface area (Å²) in [6.45, 7) is 1.91. The lowest BCUT2D eigenvalue weighted by molar-refractivity contribution is 0.355. The quantitative estimate of drug-likeness (QED) is 0.504. The smallest absolute Gasteiger partial charge is 0.344 e. The molecule has 1 aromatic heterocycles. The number of halogens is 2. The molecule has 0 aliphatic carbocycles. The van der Waals surface area contributed by atoms with Gasteiger partial charge in [0.15, 0.2) is 17.1 Å². The Kier molecular flexibility index (Phi) is 4.69. The summed E-state index contributed by atoms with van der Waals surface area (Å²) >= 11 is 6.91. The summed E-state index contributed by atoms with van der Waals surface area (Å²) in [6.07, 6.45) is 0. The SMILES string of the molecule is COc1ccc(-c2c(C)c3cc(Br)cc(Br)c3oc2=O)cc1OC. The number of hydrogen-bond acceptors (Lipinski definition) is 4. The molecule has 1 heterocycles. The van der Waals surface area contributed by atoms with Crippen molar-refractivity contribution in [3.63, 3.8) is 0 Å². The molecule has 4 nitrogen and oxygen atoms in total. The first kappa shape index (κ1) is 17.0. The number of aryl methyl sites for hydroxylation is 1. The highest BCUT2D eigenvalue weighted by atomic mass is 79.9. The van der Waals surface area contributed by atoms with Crippen LogP contribution < -0.4 is 15.1 Å². The van der Waals surface area contributed by atoms with Gasteiger partial charge in [-0.1, -0.05) is 22.0 Å². The van der Waals surface area contributed by atoms with Gasteiger partial charge in [0.2, 0.25) is 0 Å². The first-order valence-corrected chi connectivity index (χ1v) is 8.69. The predicted molar refractivity (Wildman–Crippen MR) is 101 cm³/mol. The van der Waals surface area contributed by atoms with Crippen LogP contribution in [0.5, 0.6) is 11.5 Å². The Morgan fingerprint density at radius 3 is 2.38 bits per heavy atom. The fourth-order valence-corrected chi connectivity index (χ4v) is 4.01. The minimum Gasteiger partial charge on any atom is -0.493 e. The van der Waals surface area contributed by atoms with E-state index < -0.39 is 5.63 Å². The fraction of sp³-hybridized carbons (Fsp3) is 0.167. The highest BCUT2D eigenvalue weighted by Gasteiger charge is 2.17. The lowest BCUT2D eigenvalue weighted by Crippen LogP contribution is -2.06. The normalized spacial score (nSPS) is 10.9. The van der Waals surface area contributed by atoms with Crippen LogP contribution in [-0.4, -0.2) is 14.2 Å². The molecular weight excluding hydrogens is 440 g/mol. The predicted octanol–water partition coefficient (Wildman–Crippen LogP) is 5.31. The Balaban J connectivity index is 2.33. The van der Waals surface area contributed by atoms with Crippen LogP contribution in [0.3, 0.4) is 0 Å². The van der Waals surface area contributed by atoms with Crippen molar-refractivity contribution in [2.45, 2.75) is 6.92 Å². The summed E-state index contributed by atoms with van der Waals surface area (Å²) < 4.78 is 17.8. The van der Waals surface area contributed by atoms with E-state index in [1.165, 1.54) is 0 Å². The highest BCUT2D eigenvalue weighted by Crippen LogP contribution is 2.36. The van der Waals surface area contributed by atoms with Gasteiger partial charge >= 0.3 is 5.63 Å². The summed E-state index contributed by atoms with van der Waals surface area (Å²) in [4.78, 5) is 12.6. The van der Waals surface area contributed by atoms with Crippen LogP contribution in [0, 0.1) is 6.92 Å². The average molecular weight is 454 g/mol. The lowest BCUT2D eigenvalue weighted by atomic mass is 9.99. The van der Waals surface area contributed by atoms with Gasteiger partial charge in [-0.05, 0) is 58.2 Å². The van der Waals surface area contributed by atoms with E-state index in [9.17, 15) is 4.79 Å². The molecule has 0 unspecified atom stereocenters.